The molecule has 0 unspecified atom stereocenters. The van der Waals surface area contributed by atoms with E-state index in [4.69, 9.17) is 4.42 Å². The molecule has 2 aromatic heterocycles. The van der Waals surface area contributed by atoms with Crippen molar-refractivity contribution in [3.63, 3.8) is 0 Å². The van der Waals surface area contributed by atoms with Crippen LogP contribution in [0.15, 0.2) is 27.3 Å². The number of aromatic nitrogens is 2. The number of carbonyl (C=O) groups excluding carboxylic acids is 2. The van der Waals surface area contributed by atoms with Crippen molar-refractivity contribution in [3.8, 4) is 0 Å². The van der Waals surface area contributed by atoms with Crippen molar-refractivity contribution >= 4 is 27.7 Å². The predicted octanol–water partition coefficient (Wildman–Crippen LogP) is 2.23. The lowest BCUT2D eigenvalue weighted by Crippen LogP contribution is -2.50. The molecule has 1 fully saturated rings. The molecule has 3 heterocycles. The average Bonchev–Trinajstić information content (AvgIpc) is 3.24. The van der Waals surface area contributed by atoms with E-state index in [1.807, 2.05) is 23.4 Å². The van der Waals surface area contributed by atoms with Gasteiger partial charge in [-0.05, 0) is 41.9 Å². The third kappa shape index (κ3) is 3.78. The van der Waals surface area contributed by atoms with Gasteiger partial charge in [0, 0.05) is 38.3 Å². The van der Waals surface area contributed by atoms with Gasteiger partial charge in [-0.3, -0.25) is 14.3 Å². The Balaban J connectivity index is 1.50. The van der Waals surface area contributed by atoms with E-state index in [2.05, 4.69) is 21.0 Å². The van der Waals surface area contributed by atoms with Crippen LogP contribution in [-0.4, -0.2) is 57.6 Å². The van der Waals surface area contributed by atoms with Crippen molar-refractivity contribution < 1.29 is 14.0 Å². The zero-order chi connectivity index (χ0) is 18.0. The van der Waals surface area contributed by atoms with Gasteiger partial charge in [-0.15, -0.1) is 0 Å². The molecule has 134 valence electrons. The first-order chi connectivity index (χ1) is 12.0. The molecule has 1 saturated heterocycles. The Labute approximate surface area is 154 Å². The molecule has 0 radical (unpaired) electrons. The number of hydrogen-bond acceptors (Lipinski definition) is 4. The van der Waals surface area contributed by atoms with Gasteiger partial charge >= 0.3 is 0 Å². The van der Waals surface area contributed by atoms with E-state index >= 15 is 0 Å². The first-order valence-electron chi connectivity index (χ1n) is 8.27. The van der Waals surface area contributed by atoms with Gasteiger partial charge in [-0.2, -0.15) is 5.10 Å². The van der Waals surface area contributed by atoms with E-state index in [-0.39, 0.29) is 11.8 Å². The van der Waals surface area contributed by atoms with Crippen molar-refractivity contribution in [1.29, 1.82) is 0 Å². The number of hydrogen-bond donors (Lipinski definition) is 0. The number of carbonyl (C=O) groups is 2. The number of furan rings is 1. The molecule has 0 saturated carbocycles. The molecule has 0 N–H and O–H groups in total. The number of rotatable bonds is 4. The second-order valence-corrected chi connectivity index (χ2v) is 6.90. The minimum atomic E-state index is -0.121. The van der Waals surface area contributed by atoms with Crippen molar-refractivity contribution in [3.05, 3.63) is 40.0 Å². The Hall–Kier alpha value is -2.09. The van der Waals surface area contributed by atoms with E-state index in [1.165, 1.54) is 6.26 Å². The first kappa shape index (κ1) is 17.7. The summed E-state index contributed by atoms with van der Waals surface area (Å²) in [5.41, 5.74) is 1.95. The normalized spacial score (nSPS) is 14.8. The quantitative estimate of drug-likeness (QED) is 0.777. The van der Waals surface area contributed by atoms with Crippen LogP contribution in [0.1, 0.15) is 28.4 Å². The van der Waals surface area contributed by atoms with Crippen LogP contribution in [0.25, 0.3) is 0 Å². The third-order valence-corrected chi connectivity index (χ3v) is 5.63. The van der Waals surface area contributed by atoms with Crippen molar-refractivity contribution in [1.82, 2.24) is 19.6 Å². The Morgan fingerprint density at radius 3 is 2.44 bits per heavy atom. The number of piperazine rings is 1. The second-order valence-electron chi connectivity index (χ2n) is 6.11. The molecule has 1 aliphatic heterocycles. The van der Waals surface area contributed by atoms with E-state index in [1.54, 1.807) is 17.0 Å². The maximum Gasteiger partial charge on any atom is 0.289 e. The molecule has 0 aromatic carbocycles. The van der Waals surface area contributed by atoms with Crippen molar-refractivity contribution in [2.45, 2.75) is 26.8 Å². The molecule has 8 heteroatoms. The summed E-state index contributed by atoms with van der Waals surface area (Å²) in [6.07, 6.45) is 1.89. The molecule has 0 spiro atoms. The lowest BCUT2D eigenvalue weighted by Gasteiger charge is -2.34. The number of nitrogens with zero attached hydrogens (tertiary/aromatic N) is 4. The maximum atomic E-state index is 12.4. The smallest absolute Gasteiger partial charge is 0.289 e. The predicted molar refractivity (Wildman–Crippen MR) is 95.2 cm³/mol. The molecule has 1 aliphatic rings. The fourth-order valence-electron chi connectivity index (χ4n) is 2.97. The highest BCUT2D eigenvalue weighted by molar-refractivity contribution is 9.10. The molecule has 0 atom stereocenters. The van der Waals surface area contributed by atoms with Gasteiger partial charge in [-0.25, -0.2) is 0 Å². The topological polar surface area (TPSA) is 71.6 Å². The summed E-state index contributed by atoms with van der Waals surface area (Å²) in [5.74, 6) is 0.313. The summed E-state index contributed by atoms with van der Waals surface area (Å²) in [5, 5.41) is 4.43. The lowest BCUT2D eigenvalue weighted by atomic mass is 10.2. The van der Waals surface area contributed by atoms with Gasteiger partial charge in [0.15, 0.2) is 5.76 Å². The molecular weight excluding hydrogens is 388 g/mol. The molecule has 7 nitrogen and oxygen atoms in total. The summed E-state index contributed by atoms with van der Waals surface area (Å²) in [4.78, 5) is 28.2. The van der Waals surface area contributed by atoms with Crippen LogP contribution in [0.2, 0.25) is 0 Å². The van der Waals surface area contributed by atoms with Gasteiger partial charge in [0.2, 0.25) is 5.91 Å². The SMILES string of the molecule is Cc1nn(CCC(=O)N2CCN(C(=O)c3ccco3)CC2)c(C)c1Br. The summed E-state index contributed by atoms with van der Waals surface area (Å²) in [7, 11) is 0. The average molecular weight is 409 g/mol. The van der Waals surface area contributed by atoms with E-state index < -0.39 is 0 Å². The zero-order valence-electron chi connectivity index (χ0n) is 14.4. The Morgan fingerprint density at radius 1 is 1.20 bits per heavy atom. The van der Waals surface area contributed by atoms with Gasteiger partial charge in [-0.1, -0.05) is 0 Å². The Morgan fingerprint density at radius 2 is 1.88 bits per heavy atom. The van der Waals surface area contributed by atoms with Crippen LogP contribution in [0.5, 0.6) is 0 Å². The minimum Gasteiger partial charge on any atom is -0.459 e. The Bertz CT molecular complexity index is 761. The highest BCUT2D eigenvalue weighted by atomic mass is 79.9. The molecule has 25 heavy (non-hydrogen) atoms. The van der Waals surface area contributed by atoms with Crippen LogP contribution in [-0.2, 0) is 11.3 Å². The molecular formula is C17H21BrN4O3. The summed E-state index contributed by atoms with van der Waals surface area (Å²) >= 11 is 3.50. The highest BCUT2D eigenvalue weighted by Crippen LogP contribution is 2.20. The molecule has 3 rings (SSSR count). The first-order valence-corrected chi connectivity index (χ1v) is 9.06. The molecule has 0 aliphatic carbocycles. The van der Waals surface area contributed by atoms with Crippen LogP contribution >= 0.6 is 15.9 Å². The summed E-state index contributed by atoms with van der Waals surface area (Å²) < 4.78 is 7.99. The monoisotopic (exact) mass is 408 g/mol. The maximum absolute atomic E-state index is 12.4. The fraction of sp³-hybridized carbons (Fsp3) is 0.471. The minimum absolute atomic E-state index is 0.0915. The van der Waals surface area contributed by atoms with E-state index in [0.29, 0.717) is 44.9 Å². The second kappa shape index (κ2) is 7.43. The van der Waals surface area contributed by atoms with Gasteiger partial charge in [0.05, 0.1) is 23.0 Å². The number of halogens is 1. The fourth-order valence-corrected chi connectivity index (χ4v) is 3.25. The summed E-state index contributed by atoms with van der Waals surface area (Å²) in [6, 6.07) is 3.36. The number of aryl methyl sites for hydroxylation is 2. The largest absolute Gasteiger partial charge is 0.459 e. The number of amides is 2. The standard InChI is InChI=1S/C17H21BrN4O3/c1-12-16(18)13(2)22(19-12)6-5-15(23)20-7-9-21(10-8-20)17(24)14-4-3-11-25-14/h3-4,11H,5-10H2,1-2H3. The highest BCUT2D eigenvalue weighted by Gasteiger charge is 2.26. The van der Waals surface area contributed by atoms with Crippen LogP contribution in [0, 0.1) is 13.8 Å². The van der Waals surface area contributed by atoms with E-state index in [0.717, 1.165) is 15.9 Å². The van der Waals surface area contributed by atoms with Gasteiger partial charge < -0.3 is 14.2 Å². The molecule has 0 bridgehead atoms. The van der Waals surface area contributed by atoms with Gasteiger partial charge in [0.1, 0.15) is 0 Å². The van der Waals surface area contributed by atoms with Crippen molar-refractivity contribution in [2.75, 3.05) is 26.2 Å². The third-order valence-electron chi connectivity index (χ3n) is 4.48. The Kier molecular flexibility index (Phi) is 5.27. The lowest BCUT2D eigenvalue weighted by molar-refractivity contribution is -0.132. The van der Waals surface area contributed by atoms with Crippen LogP contribution < -0.4 is 0 Å². The van der Waals surface area contributed by atoms with Crippen LogP contribution in [0.4, 0.5) is 0 Å². The zero-order valence-corrected chi connectivity index (χ0v) is 16.0. The molecule has 2 aromatic rings. The van der Waals surface area contributed by atoms with Gasteiger partial charge in [0.25, 0.3) is 5.91 Å². The van der Waals surface area contributed by atoms with Crippen LogP contribution in [0.3, 0.4) is 0 Å². The van der Waals surface area contributed by atoms with Crippen molar-refractivity contribution in [2.24, 2.45) is 0 Å². The molecule has 2 amide bonds. The van der Waals surface area contributed by atoms with E-state index in [9.17, 15) is 9.59 Å². The summed E-state index contributed by atoms with van der Waals surface area (Å²) in [6.45, 7) is 6.62.